The molecule has 2 N–H and O–H groups in total. The fourth-order valence-corrected chi connectivity index (χ4v) is 5.44. The molecule has 0 spiro atoms. The molecule has 12 nitrogen and oxygen atoms in total. The fraction of sp³-hybridized carbons (Fsp3) is 0.429. The molecule has 4 rings (SSSR count). The Hall–Kier alpha value is -4.46. The van der Waals surface area contributed by atoms with Gasteiger partial charge in [0.2, 0.25) is 5.91 Å². The molecule has 1 fully saturated rings. The quantitative estimate of drug-likeness (QED) is 0.237. The number of ether oxygens (including phenoxy) is 4. The highest BCUT2D eigenvalue weighted by Gasteiger charge is 2.39. The van der Waals surface area contributed by atoms with Crippen LogP contribution in [0.4, 0.5) is 9.18 Å². The summed E-state index contributed by atoms with van der Waals surface area (Å²) in [7, 11) is 2.86. The number of rotatable bonds is 13. The van der Waals surface area contributed by atoms with Gasteiger partial charge in [-0.2, -0.15) is 0 Å². The van der Waals surface area contributed by atoms with Crippen molar-refractivity contribution in [2.75, 3.05) is 53.6 Å². The van der Waals surface area contributed by atoms with Gasteiger partial charge in [0.15, 0.2) is 17.3 Å². The van der Waals surface area contributed by atoms with E-state index in [0.717, 1.165) is 0 Å². The van der Waals surface area contributed by atoms with E-state index in [1.807, 2.05) is 0 Å². The van der Waals surface area contributed by atoms with Crippen LogP contribution in [-0.4, -0.2) is 102 Å². The van der Waals surface area contributed by atoms with Crippen molar-refractivity contribution in [2.45, 2.75) is 44.8 Å². The molecule has 0 saturated carbocycles. The van der Waals surface area contributed by atoms with E-state index < -0.39 is 29.0 Å². The van der Waals surface area contributed by atoms with E-state index in [1.165, 1.54) is 54.4 Å². The molecular formula is C35H41ClFN3O9. The van der Waals surface area contributed by atoms with Crippen LogP contribution in [0.15, 0.2) is 48.5 Å². The minimum absolute atomic E-state index is 0.0441. The number of carbonyl (C=O) groups excluding carboxylic acids is 3. The summed E-state index contributed by atoms with van der Waals surface area (Å²) in [5, 5.41) is 21.3. The summed E-state index contributed by atoms with van der Waals surface area (Å²) in [5.41, 5.74) is -1.51. The first-order valence-electron chi connectivity index (χ1n) is 15.6. The van der Waals surface area contributed by atoms with Gasteiger partial charge in [-0.05, 0) is 75.7 Å². The van der Waals surface area contributed by atoms with Gasteiger partial charge in [0.1, 0.15) is 41.6 Å². The van der Waals surface area contributed by atoms with Crippen LogP contribution >= 0.6 is 11.6 Å². The van der Waals surface area contributed by atoms with E-state index in [0.29, 0.717) is 28.4 Å². The topological polar surface area (TPSA) is 148 Å². The van der Waals surface area contributed by atoms with Gasteiger partial charge < -0.3 is 34.1 Å². The number of carbonyl (C=O) groups is 3. The van der Waals surface area contributed by atoms with E-state index in [9.17, 15) is 23.9 Å². The third-order valence-corrected chi connectivity index (χ3v) is 8.06. The van der Waals surface area contributed by atoms with Crippen molar-refractivity contribution in [3.8, 4) is 28.5 Å². The minimum atomic E-state index is -1.86. The summed E-state index contributed by atoms with van der Waals surface area (Å²) in [6.45, 7) is 4.79. The lowest BCUT2D eigenvalue weighted by Crippen LogP contribution is -2.56. The van der Waals surface area contributed by atoms with Crippen LogP contribution in [0.3, 0.4) is 0 Å². The Morgan fingerprint density at radius 1 is 1.00 bits per heavy atom. The summed E-state index contributed by atoms with van der Waals surface area (Å²) in [4.78, 5) is 46.9. The summed E-state index contributed by atoms with van der Waals surface area (Å²) >= 11 is 6.06. The number of methoxy groups -OCH3 is 2. The number of amides is 2. The molecule has 1 atom stereocenters. The van der Waals surface area contributed by atoms with E-state index in [4.69, 9.17) is 40.6 Å². The number of piperazine rings is 1. The molecule has 0 radical (unpaired) electrons. The van der Waals surface area contributed by atoms with Gasteiger partial charge >= 0.3 is 6.09 Å². The summed E-state index contributed by atoms with van der Waals surface area (Å²) in [6.07, 6.45) is -0.933. The number of Topliss-reactive ketones (excluding diaryl/α,β-unsaturated/α-hetero) is 1. The molecular weight excluding hydrogens is 661 g/mol. The number of aliphatic hydroxyl groups is 2. The highest BCUT2D eigenvalue weighted by molar-refractivity contribution is 6.31. The Kier molecular flexibility index (Phi) is 12.1. The van der Waals surface area contributed by atoms with E-state index in [1.54, 1.807) is 39.0 Å². The van der Waals surface area contributed by atoms with Crippen LogP contribution in [0, 0.1) is 5.82 Å². The van der Waals surface area contributed by atoms with Crippen LogP contribution in [0.5, 0.6) is 17.2 Å². The SMILES string of the molecule is COc1cc(C(=O)CCC(O)(CN2CCN(C(=O)OC(C)(C)C)CC2=O)c2ccc(OC)c(-c3ccc(F)c(Cl)c3)n2)ccc1OCCO. The Labute approximate surface area is 289 Å². The zero-order chi connectivity index (χ0) is 35.9. The molecule has 49 heavy (non-hydrogen) atoms. The standard InChI is InChI=1S/C35H41ClFN3O9/c1-34(2,3)49-33(44)39-14-15-40(31(43)20-39)21-35(45,13-12-26(42)22-7-9-27(48-17-16-41)29(19-22)47-5)30-11-10-28(46-4)32(38-30)23-6-8-25(37)24(36)18-23/h6-11,18-19,41,45H,12-17,20-21H2,1-5H3. The van der Waals surface area contributed by atoms with Crippen LogP contribution in [0.2, 0.25) is 5.02 Å². The number of aliphatic hydroxyl groups excluding tert-OH is 1. The van der Waals surface area contributed by atoms with Crippen molar-refractivity contribution in [1.82, 2.24) is 14.8 Å². The average molecular weight is 702 g/mol. The van der Waals surface area contributed by atoms with Crippen LogP contribution in [0.25, 0.3) is 11.3 Å². The maximum absolute atomic E-state index is 14.0. The molecule has 264 valence electrons. The van der Waals surface area contributed by atoms with Crippen LogP contribution in [-0.2, 0) is 15.1 Å². The summed E-state index contributed by atoms with van der Waals surface area (Å²) in [5.74, 6) is -0.409. The zero-order valence-corrected chi connectivity index (χ0v) is 28.9. The fourth-order valence-electron chi connectivity index (χ4n) is 5.26. The number of β-amino-alcohol motifs (C(OH)–C–C–N with tert-alkyl or cyclic N) is 1. The lowest BCUT2D eigenvalue weighted by molar-refractivity contribution is -0.140. The first-order chi connectivity index (χ1) is 23.2. The molecule has 2 aromatic carbocycles. The maximum Gasteiger partial charge on any atom is 0.410 e. The maximum atomic E-state index is 14.0. The molecule has 1 aromatic heterocycles. The van der Waals surface area contributed by atoms with Gasteiger partial charge in [0, 0.05) is 30.6 Å². The normalized spacial score (nSPS) is 14.7. The predicted octanol–water partition coefficient (Wildman–Crippen LogP) is 4.86. The first kappa shape index (κ1) is 37.4. The molecule has 1 unspecified atom stereocenters. The first-order valence-corrected chi connectivity index (χ1v) is 16.0. The van der Waals surface area contributed by atoms with E-state index >= 15 is 0 Å². The average Bonchev–Trinajstić information content (AvgIpc) is 3.07. The van der Waals surface area contributed by atoms with Gasteiger partial charge in [0.25, 0.3) is 0 Å². The molecule has 2 amide bonds. The van der Waals surface area contributed by atoms with Crippen molar-refractivity contribution < 1.29 is 47.9 Å². The van der Waals surface area contributed by atoms with Crippen molar-refractivity contribution in [3.63, 3.8) is 0 Å². The molecule has 3 aromatic rings. The number of halogens is 2. The Balaban J connectivity index is 1.65. The Morgan fingerprint density at radius 2 is 1.71 bits per heavy atom. The van der Waals surface area contributed by atoms with Crippen LogP contribution < -0.4 is 14.2 Å². The number of nitrogens with zero attached hydrogens (tertiary/aromatic N) is 3. The summed E-state index contributed by atoms with van der Waals surface area (Å²) < 4.78 is 35.8. The van der Waals surface area contributed by atoms with E-state index in [-0.39, 0.29) is 74.4 Å². The largest absolute Gasteiger partial charge is 0.494 e. The number of ketones is 1. The van der Waals surface area contributed by atoms with Gasteiger partial charge in [-0.25, -0.2) is 14.2 Å². The lowest BCUT2D eigenvalue weighted by atomic mass is 9.89. The third kappa shape index (κ3) is 9.37. The van der Waals surface area contributed by atoms with Gasteiger partial charge in [-0.15, -0.1) is 0 Å². The van der Waals surface area contributed by atoms with Crippen molar-refractivity contribution in [3.05, 3.63) is 70.6 Å². The second-order valence-corrected chi connectivity index (χ2v) is 12.9. The Bertz CT molecular complexity index is 1680. The van der Waals surface area contributed by atoms with Crippen molar-refractivity contribution in [1.29, 1.82) is 0 Å². The highest BCUT2D eigenvalue weighted by atomic mass is 35.5. The number of pyridine rings is 1. The minimum Gasteiger partial charge on any atom is -0.494 e. The predicted molar refractivity (Wildman–Crippen MR) is 179 cm³/mol. The molecule has 1 aliphatic rings. The second-order valence-electron chi connectivity index (χ2n) is 12.5. The van der Waals surface area contributed by atoms with E-state index in [2.05, 4.69) is 0 Å². The number of hydrogen-bond donors (Lipinski definition) is 2. The third-order valence-electron chi connectivity index (χ3n) is 7.77. The molecule has 14 heteroatoms. The van der Waals surface area contributed by atoms with Crippen molar-refractivity contribution in [2.24, 2.45) is 0 Å². The van der Waals surface area contributed by atoms with Crippen molar-refractivity contribution >= 4 is 29.4 Å². The second kappa shape index (κ2) is 15.8. The van der Waals surface area contributed by atoms with Crippen LogP contribution in [0.1, 0.15) is 49.7 Å². The molecule has 0 bridgehead atoms. The lowest BCUT2D eigenvalue weighted by Gasteiger charge is -2.39. The highest BCUT2D eigenvalue weighted by Crippen LogP contribution is 2.36. The monoisotopic (exact) mass is 701 g/mol. The summed E-state index contributed by atoms with van der Waals surface area (Å²) in [6, 6.07) is 11.8. The van der Waals surface area contributed by atoms with Gasteiger partial charge in [0.05, 0.1) is 38.1 Å². The number of aromatic nitrogens is 1. The molecule has 1 aliphatic heterocycles. The molecule has 2 heterocycles. The van der Waals surface area contributed by atoms with Gasteiger partial charge in [-0.1, -0.05) is 11.6 Å². The number of hydrogen-bond acceptors (Lipinski definition) is 10. The zero-order valence-electron chi connectivity index (χ0n) is 28.1. The molecule has 1 saturated heterocycles. The Morgan fingerprint density at radius 3 is 2.35 bits per heavy atom. The smallest absolute Gasteiger partial charge is 0.410 e. The number of benzene rings is 2. The molecule has 0 aliphatic carbocycles. The van der Waals surface area contributed by atoms with Gasteiger partial charge in [-0.3, -0.25) is 14.5 Å².